The highest BCUT2D eigenvalue weighted by molar-refractivity contribution is 5.78. The van der Waals surface area contributed by atoms with Gasteiger partial charge in [-0.15, -0.1) is 20.2 Å². The molecular formula is C25H43N3O10. The summed E-state index contributed by atoms with van der Waals surface area (Å²) in [7, 11) is 0. The maximum absolute atomic E-state index is 12.2. The molecular weight excluding hydrogens is 502 g/mol. The number of aliphatic hydroxyl groups is 2. The fourth-order valence-electron chi connectivity index (χ4n) is 4.77. The molecule has 4 atom stereocenters. The predicted molar refractivity (Wildman–Crippen MR) is 137 cm³/mol. The molecule has 1 aliphatic carbocycles. The van der Waals surface area contributed by atoms with Crippen LogP contribution >= 0.6 is 0 Å². The summed E-state index contributed by atoms with van der Waals surface area (Å²) in [4.78, 5) is 53.3. The van der Waals surface area contributed by atoms with Crippen molar-refractivity contribution < 1.29 is 39.7 Å². The molecule has 0 spiro atoms. The van der Waals surface area contributed by atoms with Gasteiger partial charge in [0.05, 0.1) is 18.2 Å². The predicted octanol–water partition coefficient (Wildman–Crippen LogP) is 3.07. The van der Waals surface area contributed by atoms with Gasteiger partial charge in [0.2, 0.25) is 5.91 Å². The molecule has 1 amide bonds. The monoisotopic (exact) mass is 545 g/mol. The molecule has 1 fully saturated rings. The molecule has 0 heterocycles. The van der Waals surface area contributed by atoms with Crippen molar-refractivity contribution in [3.05, 3.63) is 32.4 Å². The summed E-state index contributed by atoms with van der Waals surface area (Å²) in [6.07, 6.45) is 11.5. The highest BCUT2D eigenvalue weighted by atomic mass is 17.0. The van der Waals surface area contributed by atoms with E-state index < -0.39 is 47.5 Å². The van der Waals surface area contributed by atoms with Gasteiger partial charge in [0.1, 0.15) is 19.0 Å². The molecule has 0 radical (unpaired) electrons. The summed E-state index contributed by atoms with van der Waals surface area (Å²) in [5.74, 6) is -0.512. The van der Waals surface area contributed by atoms with E-state index in [4.69, 9.17) is 0 Å². The van der Waals surface area contributed by atoms with Crippen molar-refractivity contribution in [1.29, 1.82) is 0 Å². The van der Waals surface area contributed by atoms with Crippen molar-refractivity contribution in [3.63, 3.8) is 0 Å². The van der Waals surface area contributed by atoms with E-state index in [2.05, 4.69) is 21.9 Å². The lowest BCUT2D eigenvalue weighted by molar-refractivity contribution is -0.766. The fraction of sp³-hybridized carbons (Fsp3) is 0.840. The third-order valence-electron chi connectivity index (χ3n) is 6.81. The number of rotatable bonds is 22. The van der Waals surface area contributed by atoms with Crippen molar-refractivity contribution in [3.8, 4) is 0 Å². The zero-order chi connectivity index (χ0) is 28.3. The minimum atomic E-state index is -1.06. The zero-order valence-corrected chi connectivity index (χ0v) is 22.2. The van der Waals surface area contributed by atoms with Gasteiger partial charge in [0, 0.05) is 19.3 Å². The largest absolute Gasteiger partial charge is 0.393 e. The number of carbonyl (C=O) groups excluding carboxylic acids is 2. The summed E-state index contributed by atoms with van der Waals surface area (Å²) < 4.78 is 0. The number of nitrogens with zero attached hydrogens (tertiary/aromatic N) is 2. The van der Waals surface area contributed by atoms with Crippen molar-refractivity contribution in [2.75, 3.05) is 13.2 Å². The summed E-state index contributed by atoms with van der Waals surface area (Å²) in [6.45, 7) is 0.998. The van der Waals surface area contributed by atoms with Gasteiger partial charge in [-0.05, 0) is 50.4 Å². The molecule has 3 N–H and O–H groups in total. The molecule has 0 unspecified atom stereocenters. The van der Waals surface area contributed by atoms with Crippen LogP contribution in [0.1, 0.15) is 90.4 Å². The molecule has 13 nitrogen and oxygen atoms in total. The number of carbonyl (C=O) groups is 2. The first kappa shape index (κ1) is 33.2. The third-order valence-corrected chi connectivity index (χ3v) is 6.81. The van der Waals surface area contributed by atoms with Gasteiger partial charge in [-0.2, -0.15) is 0 Å². The van der Waals surface area contributed by atoms with E-state index in [1.165, 1.54) is 6.42 Å². The second-order valence-electron chi connectivity index (χ2n) is 9.84. The van der Waals surface area contributed by atoms with Crippen LogP contribution in [-0.4, -0.2) is 63.5 Å². The molecule has 0 aromatic heterocycles. The van der Waals surface area contributed by atoms with E-state index in [-0.39, 0.29) is 24.0 Å². The standard InChI is InChI=1S/C25H43N3O10/c1-2-3-4-5-8-11-20(29)14-15-22-21(23(30)16-24(22)31)12-9-6-7-10-13-25(32)26-19(17-37-27(33)34)18-38-28(35)36/h6,9,19,21-24,30-31H,2-5,7-8,10-18H2,1H3,(H,26,32)/t21-,22-,23+,24-/m1/s1. The minimum Gasteiger partial charge on any atom is -0.393 e. The maximum Gasteiger partial charge on any atom is 0.294 e. The maximum atomic E-state index is 12.2. The Bertz CT molecular complexity index is 746. The van der Waals surface area contributed by atoms with Crippen molar-refractivity contribution in [1.82, 2.24) is 5.32 Å². The zero-order valence-electron chi connectivity index (χ0n) is 22.2. The van der Waals surface area contributed by atoms with E-state index >= 15 is 0 Å². The molecule has 0 saturated heterocycles. The molecule has 0 aliphatic heterocycles. The number of hydrogen-bond acceptors (Lipinski definition) is 10. The molecule has 0 bridgehead atoms. The van der Waals surface area contributed by atoms with Gasteiger partial charge in [-0.3, -0.25) is 9.59 Å². The minimum absolute atomic E-state index is 0.0890. The van der Waals surface area contributed by atoms with E-state index in [0.717, 1.165) is 25.7 Å². The number of allylic oxidation sites excluding steroid dienone is 2. The van der Waals surface area contributed by atoms with Crippen LogP contribution in [0.25, 0.3) is 0 Å². The molecule has 0 aromatic rings. The van der Waals surface area contributed by atoms with E-state index in [9.17, 15) is 40.0 Å². The van der Waals surface area contributed by atoms with Crippen LogP contribution in [0.15, 0.2) is 12.2 Å². The molecule has 0 aromatic carbocycles. The van der Waals surface area contributed by atoms with Crippen LogP contribution in [-0.2, 0) is 19.3 Å². The van der Waals surface area contributed by atoms with Crippen LogP contribution in [0.4, 0.5) is 0 Å². The second-order valence-corrected chi connectivity index (χ2v) is 9.84. The number of Topliss-reactive ketones (excluding diaryl/α,β-unsaturated/α-hetero) is 1. The molecule has 1 saturated carbocycles. The lowest BCUT2D eigenvalue weighted by atomic mass is 9.86. The van der Waals surface area contributed by atoms with Gasteiger partial charge in [0.15, 0.2) is 0 Å². The Morgan fingerprint density at radius 3 is 2.18 bits per heavy atom. The van der Waals surface area contributed by atoms with Gasteiger partial charge >= 0.3 is 0 Å². The average molecular weight is 546 g/mol. The van der Waals surface area contributed by atoms with Crippen molar-refractivity contribution in [2.45, 2.75) is 109 Å². The number of ketones is 1. The molecule has 1 rings (SSSR count). The Balaban J connectivity index is 2.36. The summed E-state index contributed by atoms with van der Waals surface area (Å²) in [6, 6.07) is -1.05. The van der Waals surface area contributed by atoms with Crippen molar-refractivity contribution >= 4 is 11.7 Å². The fourth-order valence-corrected chi connectivity index (χ4v) is 4.77. The average Bonchev–Trinajstić information content (AvgIpc) is 3.12. The Morgan fingerprint density at radius 1 is 0.921 bits per heavy atom. The van der Waals surface area contributed by atoms with E-state index in [1.54, 1.807) is 0 Å². The third kappa shape index (κ3) is 14.8. The summed E-state index contributed by atoms with van der Waals surface area (Å²) in [5, 5.41) is 41.7. The summed E-state index contributed by atoms with van der Waals surface area (Å²) in [5.41, 5.74) is 0. The number of hydrogen-bond donors (Lipinski definition) is 3. The Labute approximate surface area is 223 Å². The van der Waals surface area contributed by atoms with Crippen LogP contribution in [0.3, 0.4) is 0 Å². The summed E-state index contributed by atoms with van der Waals surface area (Å²) >= 11 is 0. The number of unbranched alkanes of at least 4 members (excludes halogenated alkanes) is 5. The van der Waals surface area contributed by atoms with Crippen LogP contribution in [0.5, 0.6) is 0 Å². The number of aliphatic hydroxyl groups excluding tert-OH is 2. The molecule has 1 aliphatic rings. The van der Waals surface area contributed by atoms with Crippen LogP contribution in [0, 0.1) is 32.1 Å². The van der Waals surface area contributed by atoms with Crippen LogP contribution in [0.2, 0.25) is 0 Å². The quantitative estimate of drug-likeness (QED) is 0.0788. The van der Waals surface area contributed by atoms with E-state index in [0.29, 0.717) is 44.9 Å². The Hall–Kier alpha value is -2.80. The topological polar surface area (TPSA) is 191 Å². The van der Waals surface area contributed by atoms with Crippen molar-refractivity contribution in [2.24, 2.45) is 11.8 Å². The van der Waals surface area contributed by atoms with E-state index in [1.807, 2.05) is 12.2 Å². The van der Waals surface area contributed by atoms with Gasteiger partial charge in [-0.1, -0.05) is 44.8 Å². The first-order valence-corrected chi connectivity index (χ1v) is 13.5. The highest BCUT2D eigenvalue weighted by Gasteiger charge is 2.40. The van der Waals surface area contributed by atoms with Gasteiger partial charge in [-0.25, -0.2) is 0 Å². The molecule has 38 heavy (non-hydrogen) atoms. The normalized spacial score (nSPS) is 21.1. The van der Waals surface area contributed by atoms with Crippen LogP contribution < -0.4 is 5.32 Å². The van der Waals surface area contributed by atoms with Gasteiger partial charge in [0.25, 0.3) is 10.2 Å². The Morgan fingerprint density at radius 2 is 1.55 bits per heavy atom. The Kier molecular flexibility index (Phi) is 16.9. The first-order valence-electron chi connectivity index (χ1n) is 13.5. The second kappa shape index (κ2) is 19.3. The SMILES string of the molecule is CCCCCCCC(=O)CC[C@@H]1[C@@H](CC=CCCCC(=O)NC(CO[N+](=O)[O-])CO[N+](=O)[O-])[C@@H](O)C[C@H]1O. The lowest BCUT2D eigenvalue weighted by Gasteiger charge is -2.22. The lowest BCUT2D eigenvalue weighted by Crippen LogP contribution is -2.42. The van der Waals surface area contributed by atoms with Gasteiger partial charge < -0.3 is 25.2 Å². The smallest absolute Gasteiger partial charge is 0.294 e. The number of amides is 1. The molecule has 13 heteroatoms. The highest BCUT2D eigenvalue weighted by Crippen LogP contribution is 2.38. The first-order chi connectivity index (χ1) is 18.1. The molecule has 218 valence electrons. The number of nitrogens with one attached hydrogen (secondary N) is 1.